The highest BCUT2D eigenvalue weighted by molar-refractivity contribution is 6.39. The lowest BCUT2D eigenvalue weighted by Gasteiger charge is -2.26. The molecule has 1 aliphatic rings. The number of amides is 4. The number of halogens is 1. The van der Waals surface area contributed by atoms with Crippen LogP contribution in [-0.2, 0) is 14.4 Å². The Hall–Kier alpha value is -5.45. The maximum atomic E-state index is 14.3. The second kappa shape index (κ2) is 10.4. The van der Waals surface area contributed by atoms with Crippen LogP contribution in [0.25, 0.3) is 12.2 Å². The first kappa shape index (κ1) is 24.7. The number of esters is 1. The number of para-hydroxylation sites is 2. The van der Waals surface area contributed by atoms with Crippen molar-refractivity contribution in [3.05, 3.63) is 112 Å². The molecule has 3 aromatic carbocycles. The molecule has 37 heavy (non-hydrogen) atoms. The van der Waals surface area contributed by atoms with Gasteiger partial charge in [0.15, 0.2) is 0 Å². The number of anilines is 1. The highest BCUT2D eigenvalue weighted by Crippen LogP contribution is 2.27. The van der Waals surface area contributed by atoms with E-state index in [-0.39, 0.29) is 22.7 Å². The summed E-state index contributed by atoms with van der Waals surface area (Å²) in [4.78, 5) is 60.8. The minimum Gasteiger partial charge on any atom is -0.423 e. The zero-order valence-electron chi connectivity index (χ0n) is 18.8. The molecule has 0 radical (unpaired) electrons. The first-order valence-corrected chi connectivity index (χ1v) is 10.6. The van der Waals surface area contributed by atoms with E-state index in [0.29, 0.717) is 10.5 Å². The molecule has 4 rings (SSSR count). The molecule has 1 heterocycles. The SMILES string of the molecule is O=C(/C=C/c1ccc([N+](=O)[O-])cc1)Oc1ccccc1/C=C1/C(=O)NC(=O)N(c2ccccc2F)C1=O. The molecule has 1 saturated heterocycles. The smallest absolute Gasteiger partial charge is 0.336 e. The van der Waals surface area contributed by atoms with Crippen molar-refractivity contribution in [1.29, 1.82) is 0 Å². The Kier molecular flexibility index (Phi) is 6.96. The fourth-order valence-electron chi connectivity index (χ4n) is 3.37. The largest absolute Gasteiger partial charge is 0.423 e. The van der Waals surface area contributed by atoms with E-state index in [1.54, 1.807) is 12.1 Å². The first-order valence-electron chi connectivity index (χ1n) is 10.6. The summed E-state index contributed by atoms with van der Waals surface area (Å²) in [5.74, 6) is -3.69. The lowest BCUT2D eigenvalue weighted by atomic mass is 10.1. The van der Waals surface area contributed by atoms with Gasteiger partial charge < -0.3 is 4.74 Å². The minimum absolute atomic E-state index is 0.00305. The molecule has 4 amide bonds. The van der Waals surface area contributed by atoms with Gasteiger partial charge in [0, 0.05) is 23.8 Å². The molecule has 10 nitrogen and oxygen atoms in total. The lowest BCUT2D eigenvalue weighted by Crippen LogP contribution is -2.54. The molecule has 0 unspecified atom stereocenters. The summed E-state index contributed by atoms with van der Waals surface area (Å²) in [6.45, 7) is 0. The number of carbonyl (C=O) groups is 4. The number of rotatable bonds is 6. The van der Waals surface area contributed by atoms with E-state index < -0.39 is 40.1 Å². The number of nitro benzene ring substituents is 1. The number of nitro groups is 1. The molecule has 0 atom stereocenters. The second-order valence-corrected chi connectivity index (χ2v) is 7.55. The predicted molar refractivity (Wildman–Crippen MR) is 130 cm³/mol. The maximum absolute atomic E-state index is 14.3. The van der Waals surface area contributed by atoms with Crippen LogP contribution in [0.3, 0.4) is 0 Å². The van der Waals surface area contributed by atoms with Crippen molar-refractivity contribution >= 4 is 47.3 Å². The number of imide groups is 2. The van der Waals surface area contributed by atoms with Crippen LogP contribution in [0.4, 0.5) is 20.6 Å². The molecule has 1 aliphatic heterocycles. The number of hydrogen-bond donors (Lipinski definition) is 1. The van der Waals surface area contributed by atoms with Gasteiger partial charge in [0.05, 0.1) is 10.6 Å². The van der Waals surface area contributed by atoms with Gasteiger partial charge in [-0.1, -0.05) is 30.3 Å². The third-order valence-electron chi connectivity index (χ3n) is 5.14. The van der Waals surface area contributed by atoms with Crippen LogP contribution in [-0.4, -0.2) is 28.7 Å². The Morgan fingerprint density at radius 3 is 2.35 bits per heavy atom. The van der Waals surface area contributed by atoms with Gasteiger partial charge in [-0.2, -0.15) is 0 Å². The van der Waals surface area contributed by atoms with Gasteiger partial charge in [-0.25, -0.2) is 18.9 Å². The summed E-state index contributed by atoms with van der Waals surface area (Å²) in [6.07, 6.45) is 3.62. The van der Waals surface area contributed by atoms with Gasteiger partial charge in [-0.05, 0) is 48.0 Å². The number of urea groups is 1. The predicted octanol–water partition coefficient (Wildman–Crippen LogP) is 4.02. The van der Waals surface area contributed by atoms with Crippen molar-refractivity contribution in [2.45, 2.75) is 0 Å². The quantitative estimate of drug-likeness (QED) is 0.135. The third-order valence-corrected chi connectivity index (χ3v) is 5.14. The Labute approximate surface area is 208 Å². The summed E-state index contributed by atoms with van der Waals surface area (Å²) in [7, 11) is 0. The van der Waals surface area contributed by atoms with Crippen molar-refractivity contribution in [3.8, 4) is 5.75 Å². The highest BCUT2D eigenvalue weighted by atomic mass is 19.1. The molecule has 184 valence electrons. The van der Waals surface area contributed by atoms with Crippen molar-refractivity contribution in [2.75, 3.05) is 4.90 Å². The lowest BCUT2D eigenvalue weighted by molar-refractivity contribution is -0.384. The fourth-order valence-corrected chi connectivity index (χ4v) is 3.37. The molecule has 0 spiro atoms. The van der Waals surface area contributed by atoms with Crippen LogP contribution >= 0.6 is 0 Å². The maximum Gasteiger partial charge on any atom is 0.336 e. The highest BCUT2D eigenvalue weighted by Gasteiger charge is 2.38. The van der Waals surface area contributed by atoms with E-state index in [0.717, 1.165) is 18.2 Å². The van der Waals surface area contributed by atoms with Crippen LogP contribution in [0.2, 0.25) is 0 Å². The van der Waals surface area contributed by atoms with Gasteiger partial charge in [0.25, 0.3) is 17.5 Å². The van der Waals surface area contributed by atoms with Gasteiger partial charge in [0.2, 0.25) is 0 Å². The van der Waals surface area contributed by atoms with Crippen LogP contribution in [0.15, 0.2) is 84.4 Å². The standard InChI is InChI=1S/C26H16FN3O7/c27-20-6-2-3-7-21(20)29-25(33)19(24(32)28-26(29)34)15-17-5-1-4-8-22(17)37-23(31)14-11-16-9-12-18(13-10-16)30(35)36/h1-15H,(H,28,32,34)/b14-11+,19-15-. The average Bonchev–Trinajstić information content (AvgIpc) is 2.87. The van der Waals surface area contributed by atoms with Gasteiger partial charge in [-0.15, -0.1) is 0 Å². The van der Waals surface area contributed by atoms with E-state index in [1.807, 2.05) is 5.32 Å². The molecular formula is C26H16FN3O7. The zero-order chi connectivity index (χ0) is 26.5. The number of benzene rings is 3. The number of non-ortho nitro benzene ring substituents is 1. The molecule has 0 aliphatic carbocycles. The molecule has 0 aromatic heterocycles. The zero-order valence-corrected chi connectivity index (χ0v) is 18.8. The third kappa shape index (κ3) is 5.46. The number of nitrogens with one attached hydrogen (secondary N) is 1. The van der Waals surface area contributed by atoms with Crippen molar-refractivity contribution in [1.82, 2.24) is 5.32 Å². The molecule has 1 fully saturated rings. The summed E-state index contributed by atoms with van der Waals surface area (Å²) in [5, 5.41) is 12.7. The minimum atomic E-state index is -1.10. The number of hydrogen-bond acceptors (Lipinski definition) is 7. The summed E-state index contributed by atoms with van der Waals surface area (Å²) < 4.78 is 19.6. The average molecular weight is 501 g/mol. The summed E-state index contributed by atoms with van der Waals surface area (Å²) in [6, 6.07) is 15.5. The Bertz CT molecular complexity index is 1500. The summed E-state index contributed by atoms with van der Waals surface area (Å²) >= 11 is 0. The monoisotopic (exact) mass is 501 g/mol. The van der Waals surface area contributed by atoms with Gasteiger partial charge >= 0.3 is 12.0 Å². The molecular weight excluding hydrogens is 485 g/mol. The van der Waals surface area contributed by atoms with Crippen LogP contribution < -0.4 is 15.0 Å². The Balaban J connectivity index is 1.57. The van der Waals surface area contributed by atoms with Gasteiger partial charge in [-0.3, -0.25) is 25.0 Å². The van der Waals surface area contributed by atoms with E-state index in [4.69, 9.17) is 4.74 Å². The van der Waals surface area contributed by atoms with E-state index in [2.05, 4.69) is 0 Å². The van der Waals surface area contributed by atoms with Crippen molar-refractivity contribution in [2.24, 2.45) is 0 Å². The Morgan fingerprint density at radius 2 is 1.65 bits per heavy atom. The van der Waals surface area contributed by atoms with E-state index >= 15 is 0 Å². The number of barbiturate groups is 1. The summed E-state index contributed by atoms with van der Waals surface area (Å²) in [5.41, 5.74) is -0.230. The molecule has 11 heteroatoms. The molecule has 3 aromatic rings. The Morgan fingerprint density at radius 1 is 0.973 bits per heavy atom. The second-order valence-electron chi connectivity index (χ2n) is 7.55. The number of nitrogens with zero attached hydrogens (tertiary/aromatic N) is 2. The molecule has 0 bridgehead atoms. The van der Waals surface area contributed by atoms with E-state index in [1.165, 1.54) is 60.7 Å². The fraction of sp³-hybridized carbons (Fsp3) is 0. The normalized spacial score (nSPS) is 14.7. The topological polar surface area (TPSA) is 136 Å². The van der Waals surface area contributed by atoms with Crippen LogP contribution in [0, 0.1) is 15.9 Å². The van der Waals surface area contributed by atoms with Crippen LogP contribution in [0.1, 0.15) is 11.1 Å². The number of ether oxygens (including phenoxy) is 1. The van der Waals surface area contributed by atoms with Gasteiger partial charge in [0.1, 0.15) is 17.1 Å². The van der Waals surface area contributed by atoms with Crippen molar-refractivity contribution in [3.63, 3.8) is 0 Å². The first-order chi connectivity index (χ1) is 17.7. The van der Waals surface area contributed by atoms with E-state index in [9.17, 15) is 33.7 Å². The van der Waals surface area contributed by atoms with Crippen molar-refractivity contribution < 1.29 is 33.2 Å². The van der Waals surface area contributed by atoms with Crippen LogP contribution in [0.5, 0.6) is 5.75 Å². The molecule has 0 saturated carbocycles. The molecule has 1 N–H and O–H groups in total. The number of carbonyl (C=O) groups excluding carboxylic acids is 4.